The van der Waals surface area contributed by atoms with Crippen LogP contribution in [-0.4, -0.2) is 16.6 Å². The van der Waals surface area contributed by atoms with Crippen LogP contribution in [0.3, 0.4) is 0 Å². The molecule has 0 aliphatic carbocycles. The lowest BCUT2D eigenvalue weighted by Crippen LogP contribution is -2.09. The summed E-state index contributed by atoms with van der Waals surface area (Å²) < 4.78 is 19.0. The van der Waals surface area contributed by atoms with Crippen LogP contribution in [0.2, 0.25) is 0 Å². The molecule has 0 spiro atoms. The first-order valence-corrected chi connectivity index (χ1v) is 3.78. The molecule has 1 atom stereocenters. The van der Waals surface area contributed by atoms with Gasteiger partial charge < -0.3 is 4.55 Å². The molecule has 0 aromatic heterocycles. The number of hydrogen-bond donors (Lipinski definition) is 1. The van der Waals surface area contributed by atoms with Crippen molar-refractivity contribution in [3.63, 3.8) is 0 Å². The van der Waals surface area contributed by atoms with Crippen molar-refractivity contribution >= 4 is 24.4 Å². The van der Waals surface area contributed by atoms with Crippen molar-refractivity contribution in [1.82, 2.24) is 0 Å². The molecule has 0 amide bonds. The van der Waals surface area contributed by atoms with E-state index in [1.807, 2.05) is 0 Å². The fourth-order valence-corrected chi connectivity index (χ4v) is 1.10. The van der Waals surface area contributed by atoms with Crippen molar-refractivity contribution < 1.29 is 8.76 Å². The minimum Gasteiger partial charge on any atom is -0.302 e. The third kappa shape index (κ3) is 1.46. The summed E-state index contributed by atoms with van der Waals surface area (Å²) in [5.41, 5.74) is 0.350. The first kappa shape index (κ1) is 7.50. The maximum atomic E-state index is 10.5. The van der Waals surface area contributed by atoms with Crippen molar-refractivity contribution in [3.8, 4) is 0 Å². The Hall–Kier alpha value is -0.605. The molecule has 4 heteroatoms. The Labute approximate surface area is 63.0 Å². The molecule has 1 unspecified atom stereocenters. The SMILES string of the molecule is [B]c1ccccc1S(=O)O. The molecule has 0 aliphatic heterocycles. The summed E-state index contributed by atoms with van der Waals surface area (Å²) in [6.07, 6.45) is 0. The van der Waals surface area contributed by atoms with Crippen molar-refractivity contribution in [2.75, 3.05) is 0 Å². The molecule has 0 aliphatic rings. The maximum absolute atomic E-state index is 10.5. The van der Waals surface area contributed by atoms with Gasteiger partial charge in [0, 0.05) is 0 Å². The lowest BCUT2D eigenvalue weighted by Gasteiger charge is -1.97. The van der Waals surface area contributed by atoms with E-state index in [4.69, 9.17) is 12.4 Å². The van der Waals surface area contributed by atoms with Gasteiger partial charge in [0.25, 0.3) is 0 Å². The fourth-order valence-electron chi connectivity index (χ4n) is 0.640. The highest BCUT2D eigenvalue weighted by atomic mass is 32.2. The van der Waals surface area contributed by atoms with Crippen molar-refractivity contribution in [3.05, 3.63) is 24.3 Å². The zero-order valence-corrected chi connectivity index (χ0v) is 5.97. The minimum atomic E-state index is -1.97. The Morgan fingerprint density at radius 1 is 1.40 bits per heavy atom. The van der Waals surface area contributed by atoms with E-state index in [0.717, 1.165) is 0 Å². The quantitative estimate of drug-likeness (QED) is 0.456. The Morgan fingerprint density at radius 2 is 2.00 bits per heavy atom. The van der Waals surface area contributed by atoms with Crippen molar-refractivity contribution in [2.24, 2.45) is 0 Å². The van der Waals surface area contributed by atoms with Crippen LogP contribution in [-0.2, 0) is 11.1 Å². The van der Waals surface area contributed by atoms with E-state index in [9.17, 15) is 4.21 Å². The molecule has 0 saturated carbocycles. The van der Waals surface area contributed by atoms with Gasteiger partial charge in [0.15, 0.2) is 11.1 Å². The lowest BCUT2D eigenvalue weighted by molar-refractivity contribution is 0.565. The van der Waals surface area contributed by atoms with Crippen LogP contribution in [0.1, 0.15) is 0 Å². The van der Waals surface area contributed by atoms with Gasteiger partial charge in [0.1, 0.15) is 7.85 Å². The van der Waals surface area contributed by atoms with Crippen LogP contribution in [0.25, 0.3) is 0 Å². The summed E-state index contributed by atoms with van der Waals surface area (Å²) >= 11 is -1.97. The molecule has 1 aromatic carbocycles. The van der Waals surface area contributed by atoms with E-state index in [-0.39, 0.29) is 4.90 Å². The molecule has 10 heavy (non-hydrogen) atoms. The minimum absolute atomic E-state index is 0.266. The van der Waals surface area contributed by atoms with Gasteiger partial charge in [0.05, 0.1) is 4.90 Å². The lowest BCUT2D eigenvalue weighted by atomic mass is 9.97. The monoisotopic (exact) mass is 152 g/mol. The van der Waals surface area contributed by atoms with E-state index in [1.54, 1.807) is 18.2 Å². The first-order chi connectivity index (χ1) is 4.72. The number of hydrogen-bond acceptors (Lipinski definition) is 1. The summed E-state index contributed by atoms with van der Waals surface area (Å²) in [6, 6.07) is 6.49. The average molecular weight is 152 g/mol. The molecule has 0 bridgehead atoms. The molecule has 0 saturated heterocycles. The van der Waals surface area contributed by atoms with E-state index < -0.39 is 11.1 Å². The van der Waals surface area contributed by atoms with Gasteiger partial charge in [-0.15, -0.1) is 0 Å². The van der Waals surface area contributed by atoms with Crippen LogP contribution in [0.4, 0.5) is 0 Å². The Bertz CT molecular complexity index is 262. The smallest absolute Gasteiger partial charge is 0.185 e. The summed E-state index contributed by atoms with van der Waals surface area (Å²) in [5, 5.41) is 0. The van der Waals surface area contributed by atoms with Crippen LogP contribution >= 0.6 is 0 Å². The van der Waals surface area contributed by atoms with Gasteiger partial charge >= 0.3 is 0 Å². The molecule has 2 radical (unpaired) electrons. The van der Waals surface area contributed by atoms with Gasteiger partial charge in [-0.1, -0.05) is 23.7 Å². The molecule has 0 fully saturated rings. The highest BCUT2D eigenvalue weighted by molar-refractivity contribution is 7.79. The van der Waals surface area contributed by atoms with Crippen molar-refractivity contribution in [1.29, 1.82) is 0 Å². The molecule has 1 aromatic rings. The first-order valence-electron chi connectivity index (χ1n) is 2.67. The topological polar surface area (TPSA) is 37.3 Å². The highest BCUT2D eigenvalue weighted by Crippen LogP contribution is 1.97. The van der Waals surface area contributed by atoms with Crippen LogP contribution < -0.4 is 5.46 Å². The van der Waals surface area contributed by atoms with E-state index in [1.165, 1.54) is 6.07 Å². The predicted octanol–water partition coefficient (Wildman–Crippen LogP) is 0.0610. The van der Waals surface area contributed by atoms with Crippen LogP contribution in [0.15, 0.2) is 29.2 Å². The van der Waals surface area contributed by atoms with Crippen LogP contribution in [0, 0.1) is 0 Å². The molecule has 0 heterocycles. The molecular formula is C6H5BO2S. The molecule has 1 rings (SSSR count). The normalized spacial score (nSPS) is 12.9. The largest absolute Gasteiger partial charge is 0.302 e. The average Bonchev–Trinajstić information content (AvgIpc) is 1.88. The molecular weight excluding hydrogens is 147 g/mol. The van der Waals surface area contributed by atoms with Crippen molar-refractivity contribution in [2.45, 2.75) is 4.90 Å². The Balaban J connectivity index is 3.15. The molecule has 1 N–H and O–H groups in total. The van der Waals surface area contributed by atoms with Gasteiger partial charge in [-0.05, 0) is 6.07 Å². The fraction of sp³-hybridized carbons (Fsp3) is 0. The van der Waals surface area contributed by atoms with Gasteiger partial charge in [-0.2, -0.15) is 0 Å². The summed E-state index contributed by atoms with van der Waals surface area (Å²) in [4.78, 5) is 0.266. The second-order valence-corrected chi connectivity index (χ2v) is 2.73. The van der Waals surface area contributed by atoms with E-state index in [0.29, 0.717) is 5.46 Å². The highest BCUT2D eigenvalue weighted by Gasteiger charge is 1.99. The third-order valence-electron chi connectivity index (χ3n) is 1.11. The molecule has 2 nitrogen and oxygen atoms in total. The molecule has 50 valence electrons. The predicted molar refractivity (Wildman–Crippen MR) is 40.9 cm³/mol. The van der Waals surface area contributed by atoms with Crippen LogP contribution in [0.5, 0.6) is 0 Å². The second kappa shape index (κ2) is 2.99. The van der Waals surface area contributed by atoms with Gasteiger partial charge in [-0.3, -0.25) is 0 Å². The third-order valence-corrected chi connectivity index (χ3v) is 1.86. The van der Waals surface area contributed by atoms with E-state index >= 15 is 0 Å². The summed E-state index contributed by atoms with van der Waals surface area (Å²) in [7, 11) is 5.37. The second-order valence-electron chi connectivity index (χ2n) is 1.79. The zero-order chi connectivity index (χ0) is 7.56. The zero-order valence-electron chi connectivity index (χ0n) is 5.15. The van der Waals surface area contributed by atoms with Gasteiger partial charge in [-0.25, -0.2) is 4.21 Å². The summed E-state index contributed by atoms with van der Waals surface area (Å²) in [6.45, 7) is 0. The Morgan fingerprint density at radius 3 is 2.40 bits per heavy atom. The number of rotatable bonds is 1. The Kier molecular flexibility index (Phi) is 2.24. The maximum Gasteiger partial charge on any atom is 0.185 e. The summed E-state index contributed by atoms with van der Waals surface area (Å²) in [5.74, 6) is 0. The van der Waals surface area contributed by atoms with Gasteiger partial charge in [0.2, 0.25) is 0 Å². The standard InChI is InChI=1S/C6H5BO2S/c7-5-3-1-2-4-6(5)10(8)9/h1-4H,(H,8,9). The number of benzene rings is 1. The van der Waals surface area contributed by atoms with E-state index in [2.05, 4.69) is 0 Å².